The van der Waals surface area contributed by atoms with Crippen LogP contribution in [0.2, 0.25) is 0 Å². The number of aryl methyl sites for hydroxylation is 4. The van der Waals surface area contributed by atoms with E-state index in [1.165, 1.54) is 17.2 Å². The van der Waals surface area contributed by atoms with Gasteiger partial charge >= 0.3 is 6.18 Å². The number of halogens is 3. The third-order valence-corrected chi connectivity index (χ3v) is 6.11. The van der Waals surface area contributed by atoms with Crippen molar-refractivity contribution in [3.05, 3.63) is 64.2 Å². The van der Waals surface area contributed by atoms with Crippen molar-refractivity contribution in [2.75, 3.05) is 19.8 Å². The maximum Gasteiger partial charge on any atom is 0.419 e. The lowest BCUT2D eigenvalue weighted by Gasteiger charge is -2.41. The van der Waals surface area contributed by atoms with E-state index in [0.717, 1.165) is 18.1 Å². The summed E-state index contributed by atoms with van der Waals surface area (Å²) in [5.74, 6) is -0.830. The van der Waals surface area contributed by atoms with Gasteiger partial charge in [0.15, 0.2) is 5.79 Å². The molecule has 2 N–H and O–H groups in total. The Hall–Kier alpha value is -2.09. The summed E-state index contributed by atoms with van der Waals surface area (Å²) in [6, 6.07) is 10.5. The fourth-order valence-electron chi connectivity index (χ4n) is 3.75. The van der Waals surface area contributed by atoms with Crippen LogP contribution in [0.3, 0.4) is 0 Å². The van der Waals surface area contributed by atoms with Gasteiger partial charge in [-0.3, -0.25) is 0 Å². The molecule has 0 atom stereocenters. The van der Waals surface area contributed by atoms with Crippen LogP contribution < -0.4 is 10.5 Å². The Bertz CT molecular complexity index is 946. The van der Waals surface area contributed by atoms with Crippen LogP contribution >= 0.6 is 0 Å². The second-order valence-corrected chi connectivity index (χ2v) is 9.54. The van der Waals surface area contributed by atoms with Crippen molar-refractivity contribution in [2.45, 2.75) is 70.9 Å². The second-order valence-electron chi connectivity index (χ2n) is 9.54. The molecular weight excluding hydrogens is 431 g/mol. The highest BCUT2D eigenvalue weighted by Gasteiger charge is 2.38. The Morgan fingerprint density at radius 2 is 1.58 bits per heavy atom. The fourth-order valence-corrected chi connectivity index (χ4v) is 3.75. The van der Waals surface area contributed by atoms with Crippen LogP contribution in [0.25, 0.3) is 0 Å². The molecule has 1 saturated heterocycles. The molecule has 0 aliphatic carbocycles. The van der Waals surface area contributed by atoms with Gasteiger partial charge in [0.1, 0.15) is 5.75 Å². The number of benzene rings is 2. The van der Waals surface area contributed by atoms with Gasteiger partial charge in [0.05, 0.1) is 30.9 Å². The molecule has 1 heterocycles. The van der Waals surface area contributed by atoms with Gasteiger partial charge in [0, 0.05) is 0 Å². The minimum absolute atomic E-state index is 0.139. The van der Waals surface area contributed by atoms with Crippen molar-refractivity contribution in [2.24, 2.45) is 5.73 Å². The Labute approximate surface area is 194 Å². The minimum atomic E-state index is -4.50. The van der Waals surface area contributed by atoms with Gasteiger partial charge < -0.3 is 19.9 Å². The van der Waals surface area contributed by atoms with Crippen LogP contribution in [-0.4, -0.2) is 31.1 Å². The molecule has 0 radical (unpaired) electrons. The normalized spacial score (nSPS) is 17.7. The monoisotopic (exact) mass is 465 g/mol. The Kier molecular flexibility index (Phi) is 7.76. The number of alkyl halides is 3. The summed E-state index contributed by atoms with van der Waals surface area (Å²) in [6.45, 7) is 8.53. The van der Waals surface area contributed by atoms with Crippen LogP contribution in [0.5, 0.6) is 5.75 Å². The van der Waals surface area contributed by atoms with Gasteiger partial charge in [-0.2, -0.15) is 13.2 Å². The lowest BCUT2D eigenvalue weighted by molar-refractivity contribution is -0.267. The molecule has 3 rings (SSSR count). The molecular formula is C26H34F3NO3. The standard InChI is InChI=1S/C26H34F3NO3/c1-18-7-8-20(14-19(18)2)6-5-13-31-23-10-9-21(15-22(23)26(27,28)29)11-12-25(30)16-32-24(3,4)33-17-25/h7-10,14-15H,5-6,11-13,16-17,30H2,1-4H3. The molecule has 0 aromatic heterocycles. The average Bonchev–Trinajstić information content (AvgIpc) is 2.74. The SMILES string of the molecule is Cc1ccc(CCCOc2ccc(CCC3(N)COC(C)(C)OC3)cc2C(F)(F)F)cc1C. The number of nitrogens with two attached hydrogens (primary N) is 1. The van der Waals surface area contributed by atoms with E-state index in [1.54, 1.807) is 6.07 Å². The third kappa shape index (κ3) is 7.19. The smallest absolute Gasteiger partial charge is 0.419 e. The van der Waals surface area contributed by atoms with Crippen molar-refractivity contribution in [1.82, 2.24) is 0 Å². The molecule has 4 nitrogen and oxygen atoms in total. The maximum atomic E-state index is 13.7. The van der Waals surface area contributed by atoms with Gasteiger partial charge in [0.25, 0.3) is 0 Å². The zero-order valence-electron chi connectivity index (χ0n) is 19.8. The van der Waals surface area contributed by atoms with E-state index < -0.39 is 23.1 Å². The Morgan fingerprint density at radius 1 is 0.939 bits per heavy atom. The first-order valence-electron chi connectivity index (χ1n) is 11.3. The van der Waals surface area contributed by atoms with Gasteiger partial charge in [0.2, 0.25) is 0 Å². The van der Waals surface area contributed by atoms with E-state index in [1.807, 2.05) is 26.8 Å². The fraction of sp³-hybridized carbons (Fsp3) is 0.538. The maximum absolute atomic E-state index is 13.7. The van der Waals surface area contributed by atoms with Crippen LogP contribution in [0.15, 0.2) is 36.4 Å². The molecule has 0 unspecified atom stereocenters. The van der Waals surface area contributed by atoms with E-state index in [4.69, 9.17) is 19.9 Å². The van der Waals surface area contributed by atoms with Crippen molar-refractivity contribution in [1.29, 1.82) is 0 Å². The first-order valence-corrected chi connectivity index (χ1v) is 11.3. The third-order valence-electron chi connectivity index (χ3n) is 6.11. The van der Waals surface area contributed by atoms with Gasteiger partial charge in [-0.1, -0.05) is 24.3 Å². The highest BCUT2D eigenvalue weighted by atomic mass is 19.4. The quantitative estimate of drug-likeness (QED) is 0.505. The Balaban J connectivity index is 1.59. The summed E-state index contributed by atoms with van der Waals surface area (Å²) in [5.41, 5.74) is 8.99. The lowest BCUT2D eigenvalue weighted by atomic mass is 9.92. The summed E-state index contributed by atoms with van der Waals surface area (Å²) in [6.07, 6.45) is -2.27. The van der Waals surface area contributed by atoms with Crippen LogP contribution in [-0.2, 0) is 28.5 Å². The van der Waals surface area contributed by atoms with Crippen molar-refractivity contribution >= 4 is 0 Å². The van der Waals surface area contributed by atoms with E-state index in [9.17, 15) is 13.2 Å². The molecule has 1 aliphatic heterocycles. The minimum Gasteiger partial charge on any atom is -0.493 e. The van der Waals surface area contributed by atoms with Crippen molar-refractivity contribution in [3.63, 3.8) is 0 Å². The highest BCUT2D eigenvalue weighted by Crippen LogP contribution is 2.37. The molecule has 33 heavy (non-hydrogen) atoms. The molecule has 1 aliphatic rings. The first-order chi connectivity index (χ1) is 15.4. The molecule has 2 aromatic carbocycles. The molecule has 2 aromatic rings. The van der Waals surface area contributed by atoms with Crippen molar-refractivity contribution in [3.8, 4) is 5.75 Å². The highest BCUT2D eigenvalue weighted by molar-refractivity contribution is 5.39. The summed E-state index contributed by atoms with van der Waals surface area (Å²) in [5, 5.41) is 0. The molecule has 182 valence electrons. The van der Waals surface area contributed by atoms with E-state index >= 15 is 0 Å². The molecule has 0 saturated carbocycles. The zero-order valence-corrected chi connectivity index (χ0v) is 19.8. The summed E-state index contributed by atoms with van der Waals surface area (Å²) in [7, 11) is 0. The molecule has 0 bridgehead atoms. The predicted octanol–water partition coefficient (Wildman–Crippen LogP) is 5.75. The molecule has 0 spiro atoms. The van der Waals surface area contributed by atoms with E-state index in [0.29, 0.717) is 38.0 Å². The number of hydrogen-bond acceptors (Lipinski definition) is 4. The largest absolute Gasteiger partial charge is 0.493 e. The summed E-state index contributed by atoms with van der Waals surface area (Å²) < 4.78 is 57.9. The van der Waals surface area contributed by atoms with E-state index in [2.05, 4.69) is 19.1 Å². The average molecular weight is 466 g/mol. The first kappa shape index (κ1) is 25.5. The lowest BCUT2D eigenvalue weighted by Crippen LogP contribution is -2.57. The number of rotatable bonds is 8. The molecule has 0 amide bonds. The predicted molar refractivity (Wildman–Crippen MR) is 122 cm³/mol. The van der Waals surface area contributed by atoms with Gasteiger partial charge in [-0.05, 0) is 87.8 Å². The van der Waals surface area contributed by atoms with E-state index in [-0.39, 0.29) is 12.4 Å². The van der Waals surface area contributed by atoms with Gasteiger partial charge in [-0.25, -0.2) is 0 Å². The van der Waals surface area contributed by atoms with Crippen LogP contribution in [0, 0.1) is 13.8 Å². The van der Waals surface area contributed by atoms with Crippen LogP contribution in [0.4, 0.5) is 13.2 Å². The summed E-state index contributed by atoms with van der Waals surface area (Å²) in [4.78, 5) is 0. The zero-order chi connectivity index (χ0) is 24.3. The Morgan fingerprint density at radius 3 is 2.21 bits per heavy atom. The van der Waals surface area contributed by atoms with Crippen LogP contribution in [0.1, 0.15) is 54.5 Å². The second kappa shape index (κ2) is 10.0. The van der Waals surface area contributed by atoms with Crippen molar-refractivity contribution < 1.29 is 27.4 Å². The molecule has 7 heteroatoms. The van der Waals surface area contributed by atoms with Gasteiger partial charge in [-0.15, -0.1) is 0 Å². The topological polar surface area (TPSA) is 53.7 Å². The molecule has 1 fully saturated rings. The number of hydrogen-bond donors (Lipinski definition) is 1. The summed E-state index contributed by atoms with van der Waals surface area (Å²) >= 11 is 0. The number of ether oxygens (including phenoxy) is 3.